The molecule has 0 aliphatic rings. The van der Waals surface area contributed by atoms with Gasteiger partial charge in [0.05, 0.1) is 12.6 Å². The molecule has 0 aliphatic heterocycles. The van der Waals surface area contributed by atoms with Gasteiger partial charge in [-0.3, -0.25) is 4.79 Å². The van der Waals surface area contributed by atoms with Crippen LogP contribution >= 0.6 is 12.4 Å². The van der Waals surface area contributed by atoms with Crippen molar-refractivity contribution in [3.8, 4) is 5.75 Å². The summed E-state index contributed by atoms with van der Waals surface area (Å²) in [6, 6.07) is 6.57. The predicted molar refractivity (Wildman–Crippen MR) is 62.8 cm³/mol. The van der Waals surface area contributed by atoms with Crippen molar-refractivity contribution >= 4 is 18.2 Å². The lowest BCUT2D eigenvalue weighted by molar-refractivity contribution is 0.0968. The van der Waals surface area contributed by atoms with Crippen molar-refractivity contribution in [2.45, 2.75) is 19.9 Å². The lowest BCUT2D eigenvalue weighted by Crippen LogP contribution is -2.26. The van der Waals surface area contributed by atoms with Gasteiger partial charge in [0.1, 0.15) is 5.75 Å². The molecule has 0 fully saturated rings. The Morgan fingerprint density at radius 2 is 1.93 bits per heavy atom. The van der Waals surface area contributed by atoms with Crippen LogP contribution in [0.5, 0.6) is 5.75 Å². The summed E-state index contributed by atoms with van der Waals surface area (Å²) in [5, 5.41) is 0. The van der Waals surface area contributed by atoms with E-state index in [2.05, 4.69) is 0 Å². The van der Waals surface area contributed by atoms with Gasteiger partial charge in [0.25, 0.3) is 0 Å². The quantitative estimate of drug-likeness (QED) is 0.804. The van der Waals surface area contributed by atoms with E-state index in [0.29, 0.717) is 12.2 Å². The summed E-state index contributed by atoms with van der Waals surface area (Å²) in [4.78, 5) is 11.4. The number of ketones is 1. The molecule has 84 valence electrons. The van der Waals surface area contributed by atoms with E-state index in [1.165, 1.54) is 0 Å². The van der Waals surface area contributed by atoms with E-state index in [1.807, 2.05) is 6.92 Å². The molecule has 0 bridgehead atoms. The summed E-state index contributed by atoms with van der Waals surface area (Å²) in [5.41, 5.74) is 6.11. The first-order valence-electron chi connectivity index (χ1n) is 4.67. The van der Waals surface area contributed by atoms with Gasteiger partial charge in [-0.2, -0.15) is 0 Å². The van der Waals surface area contributed by atoms with Crippen molar-refractivity contribution < 1.29 is 9.53 Å². The molecule has 0 aliphatic carbocycles. The normalized spacial score (nSPS) is 11.4. The van der Waals surface area contributed by atoms with E-state index in [0.717, 1.165) is 5.75 Å². The van der Waals surface area contributed by atoms with Gasteiger partial charge in [0.2, 0.25) is 0 Å². The van der Waals surface area contributed by atoms with Crippen LogP contribution in [0.25, 0.3) is 0 Å². The Hall–Kier alpha value is -1.06. The first-order chi connectivity index (χ1) is 6.65. The van der Waals surface area contributed by atoms with Gasteiger partial charge in [0.15, 0.2) is 5.78 Å². The molecular weight excluding hydrogens is 214 g/mol. The fraction of sp³-hybridized carbons (Fsp3) is 0.364. The van der Waals surface area contributed by atoms with Crippen LogP contribution in [0.1, 0.15) is 24.2 Å². The SMILES string of the molecule is CCOc1ccc(C(=O)C(C)N)cc1.Cl. The lowest BCUT2D eigenvalue weighted by Gasteiger charge is -2.06. The maximum atomic E-state index is 11.4. The highest BCUT2D eigenvalue weighted by molar-refractivity contribution is 5.99. The molecule has 15 heavy (non-hydrogen) atoms. The number of rotatable bonds is 4. The van der Waals surface area contributed by atoms with Crippen LogP contribution in [0.3, 0.4) is 0 Å². The molecule has 0 spiro atoms. The molecule has 3 nitrogen and oxygen atoms in total. The maximum absolute atomic E-state index is 11.4. The molecule has 1 unspecified atom stereocenters. The highest BCUT2D eigenvalue weighted by Gasteiger charge is 2.09. The van der Waals surface area contributed by atoms with E-state index in [1.54, 1.807) is 31.2 Å². The fourth-order valence-electron chi connectivity index (χ4n) is 1.14. The summed E-state index contributed by atoms with van der Waals surface area (Å²) in [6.45, 7) is 4.22. The van der Waals surface area contributed by atoms with Crippen LogP contribution in [0, 0.1) is 0 Å². The average molecular weight is 230 g/mol. The summed E-state index contributed by atoms with van der Waals surface area (Å²) < 4.78 is 5.26. The van der Waals surface area contributed by atoms with Crippen molar-refractivity contribution in [3.05, 3.63) is 29.8 Å². The lowest BCUT2D eigenvalue weighted by atomic mass is 10.1. The van der Waals surface area contributed by atoms with Crippen molar-refractivity contribution in [2.24, 2.45) is 5.73 Å². The van der Waals surface area contributed by atoms with Crippen LogP contribution in [0.2, 0.25) is 0 Å². The van der Waals surface area contributed by atoms with Crippen LogP contribution in [0.15, 0.2) is 24.3 Å². The molecule has 0 saturated heterocycles. The number of ether oxygens (including phenoxy) is 1. The van der Waals surface area contributed by atoms with Gasteiger partial charge in [-0.25, -0.2) is 0 Å². The Balaban J connectivity index is 0.00000196. The van der Waals surface area contributed by atoms with Gasteiger partial charge in [-0.05, 0) is 38.1 Å². The van der Waals surface area contributed by atoms with Gasteiger partial charge >= 0.3 is 0 Å². The van der Waals surface area contributed by atoms with E-state index < -0.39 is 6.04 Å². The molecule has 0 saturated carbocycles. The Bertz CT molecular complexity index is 309. The third-order valence-electron chi connectivity index (χ3n) is 1.86. The van der Waals surface area contributed by atoms with Gasteiger partial charge in [-0.15, -0.1) is 12.4 Å². The minimum absolute atomic E-state index is 0. The molecular formula is C11H16ClNO2. The largest absolute Gasteiger partial charge is 0.494 e. The summed E-state index contributed by atoms with van der Waals surface area (Å²) in [7, 11) is 0. The molecule has 1 rings (SSSR count). The highest BCUT2D eigenvalue weighted by atomic mass is 35.5. The van der Waals surface area contributed by atoms with Crippen molar-refractivity contribution in [3.63, 3.8) is 0 Å². The first kappa shape index (κ1) is 13.9. The smallest absolute Gasteiger partial charge is 0.179 e. The second-order valence-corrected chi connectivity index (χ2v) is 3.11. The number of carbonyl (C=O) groups is 1. The number of nitrogens with two attached hydrogens (primary N) is 1. The average Bonchev–Trinajstić information content (AvgIpc) is 2.18. The topological polar surface area (TPSA) is 52.3 Å². The van der Waals surface area contributed by atoms with Crippen LogP contribution < -0.4 is 10.5 Å². The number of carbonyl (C=O) groups excluding carboxylic acids is 1. The van der Waals surface area contributed by atoms with Crippen molar-refractivity contribution in [1.29, 1.82) is 0 Å². The fourth-order valence-corrected chi connectivity index (χ4v) is 1.14. The zero-order valence-electron chi connectivity index (χ0n) is 8.90. The minimum Gasteiger partial charge on any atom is -0.494 e. The molecule has 1 atom stereocenters. The van der Waals surface area contributed by atoms with E-state index in [4.69, 9.17) is 10.5 Å². The molecule has 0 aromatic heterocycles. The highest BCUT2D eigenvalue weighted by Crippen LogP contribution is 2.12. The van der Waals surface area contributed by atoms with Gasteiger partial charge in [0, 0.05) is 5.56 Å². The summed E-state index contributed by atoms with van der Waals surface area (Å²) in [6.07, 6.45) is 0. The molecule has 0 heterocycles. The molecule has 4 heteroatoms. The van der Waals surface area contributed by atoms with E-state index in [9.17, 15) is 4.79 Å². The Morgan fingerprint density at radius 3 is 2.33 bits per heavy atom. The monoisotopic (exact) mass is 229 g/mol. The second-order valence-electron chi connectivity index (χ2n) is 3.11. The van der Waals surface area contributed by atoms with Gasteiger partial charge < -0.3 is 10.5 Å². The van der Waals surface area contributed by atoms with Crippen molar-refractivity contribution in [1.82, 2.24) is 0 Å². The molecule has 1 aromatic carbocycles. The summed E-state index contributed by atoms with van der Waals surface area (Å²) >= 11 is 0. The van der Waals surface area contributed by atoms with Crippen LogP contribution in [-0.4, -0.2) is 18.4 Å². The number of halogens is 1. The van der Waals surface area contributed by atoms with Gasteiger partial charge in [-0.1, -0.05) is 0 Å². The molecule has 1 aromatic rings. The number of benzene rings is 1. The van der Waals surface area contributed by atoms with E-state index in [-0.39, 0.29) is 18.2 Å². The Labute approximate surface area is 96.0 Å². The van der Waals surface area contributed by atoms with Crippen LogP contribution in [-0.2, 0) is 0 Å². The second kappa shape index (κ2) is 6.43. The minimum atomic E-state index is -0.451. The Morgan fingerprint density at radius 1 is 1.40 bits per heavy atom. The van der Waals surface area contributed by atoms with Crippen LogP contribution in [0.4, 0.5) is 0 Å². The Kier molecular flexibility index (Phi) is 5.97. The zero-order chi connectivity index (χ0) is 10.6. The standard InChI is InChI=1S/C11H15NO2.ClH/c1-3-14-10-6-4-9(5-7-10)11(13)8(2)12;/h4-8H,3,12H2,1-2H3;1H. The maximum Gasteiger partial charge on any atom is 0.179 e. The third-order valence-corrected chi connectivity index (χ3v) is 1.86. The molecule has 2 N–H and O–H groups in total. The molecule has 0 radical (unpaired) electrons. The number of hydrogen-bond acceptors (Lipinski definition) is 3. The zero-order valence-corrected chi connectivity index (χ0v) is 9.71. The van der Waals surface area contributed by atoms with E-state index >= 15 is 0 Å². The predicted octanol–water partition coefficient (Wildman–Crippen LogP) is 2.04. The third kappa shape index (κ3) is 3.90. The van der Waals surface area contributed by atoms with Crippen molar-refractivity contribution in [2.75, 3.05) is 6.61 Å². The first-order valence-corrected chi connectivity index (χ1v) is 4.67. The summed E-state index contributed by atoms with van der Waals surface area (Å²) in [5.74, 6) is 0.724. The number of hydrogen-bond donors (Lipinski definition) is 1. The molecule has 0 amide bonds. The number of Topliss-reactive ketones (excluding diaryl/α,β-unsaturated/α-hetero) is 1.